The minimum absolute atomic E-state index is 0.487. The molecule has 2 N–H and O–H groups in total. The van der Waals surface area contributed by atoms with Crippen molar-refractivity contribution in [1.82, 2.24) is 0 Å². The lowest BCUT2D eigenvalue weighted by molar-refractivity contribution is -0.147. The summed E-state index contributed by atoms with van der Waals surface area (Å²) >= 11 is 3.38. The van der Waals surface area contributed by atoms with E-state index < -0.39 is 11.9 Å². The van der Waals surface area contributed by atoms with Crippen molar-refractivity contribution in [2.45, 2.75) is 13.8 Å². The molecule has 0 atom stereocenters. The monoisotopic (exact) mass is 271 g/mol. The zero-order chi connectivity index (χ0) is 11.6. The third-order valence-corrected chi connectivity index (χ3v) is 3.14. The third-order valence-electron chi connectivity index (χ3n) is 1.89. The van der Waals surface area contributed by atoms with Crippen molar-refractivity contribution in [2.75, 3.05) is 5.32 Å². The number of carboxylic acids is 1. The van der Waals surface area contributed by atoms with Gasteiger partial charge in [-0.15, -0.1) is 0 Å². The molecule has 80 valence electrons. The predicted molar refractivity (Wildman–Crippen MR) is 59.9 cm³/mol. The van der Waals surface area contributed by atoms with E-state index in [2.05, 4.69) is 21.2 Å². The van der Waals surface area contributed by atoms with Crippen LogP contribution < -0.4 is 5.32 Å². The van der Waals surface area contributed by atoms with Crippen LogP contribution in [0.1, 0.15) is 11.1 Å². The van der Waals surface area contributed by atoms with E-state index in [9.17, 15) is 9.59 Å². The van der Waals surface area contributed by atoms with Crippen LogP contribution in [0, 0.1) is 13.8 Å². The van der Waals surface area contributed by atoms with Crippen molar-refractivity contribution < 1.29 is 14.7 Å². The Balaban J connectivity index is 2.98. The number of hydrogen-bond acceptors (Lipinski definition) is 2. The Bertz CT molecular complexity index is 406. The normalized spacial score (nSPS) is 9.80. The molecule has 1 aromatic carbocycles. The molecule has 0 fully saturated rings. The molecular weight excluding hydrogens is 262 g/mol. The number of benzene rings is 1. The molecule has 0 unspecified atom stereocenters. The Morgan fingerprint density at radius 2 is 1.73 bits per heavy atom. The molecule has 0 saturated carbocycles. The SMILES string of the molecule is Cc1cc(NC(=O)C(=O)O)cc(C)c1Br. The first-order valence-corrected chi connectivity index (χ1v) is 5.02. The molecule has 0 heterocycles. The zero-order valence-corrected chi connectivity index (χ0v) is 9.88. The quantitative estimate of drug-likeness (QED) is 0.769. The minimum Gasteiger partial charge on any atom is -0.474 e. The van der Waals surface area contributed by atoms with Crippen LogP contribution in [0.25, 0.3) is 0 Å². The second-order valence-corrected chi connectivity index (χ2v) is 3.98. The van der Waals surface area contributed by atoms with Crippen molar-refractivity contribution in [1.29, 1.82) is 0 Å². The first-order valence-electron chi connectivity index (χ1n) is 4.23. The van der Waals surface area contributed by atoms with E-state index in [1.165, 1.54) is 0 Å². The van der Waals surface area contributed by atoms with Crippen molar-refractivity contribution in [3.8, 4) is 0 Å². The number of amides is 1. The maximum absolute atomic E-state index is 10.9. The minimum atomic E-state index is -1.49. The molecule has 1 aromatic rings. The molecule has 5 heteroatoms. The number of aliphatic carboxylic acids is 1. The van der Waals surface area contributed by atoms with Gasteiger partial charge in [0.25, 0.3) is 0 Å². The van der Waals surface area contributed by atoms with Crippen molar-refractivity contribution in [3.05, 3.63) is 27.7 Å². The summed E-state index contributed by atoms with van der Waals surface area (Å²) < 4.78 is 0.954. The summed E-state index contributed by atoms with van der Waals surface area (Å²) in [6.45, 7) is 3.74. The van der Waals surface area contributed by atoms with Crippen LogP contribution in [0.3, 0.4) is 0 Å². The fraction of sp³-hybridized carbons (Fsp3) is 0.200. The molecule has 0 aliphatic heterocycles. The maximum Gasteiger partial charge on any atom is 0.394 e. The standard InChI is InChI=1S/C10H10BrNO3/c1-5-3-7(4-6(2)8(5)11)12-9(13)10(14)15/h3-4H,1-2H3,(H,12,13)(H,14,15). The average molecular weight is 272 g/mol. The van der Waals surface area contributed by atoms with Crippen LogP contribution in [0.4, 0.5) is 5.69 Å². The van der Waals surface area contributed by atoms with Gasteiger partial charge in [-0.05, 0) is 37.1 Å². The summed E-state index contributed by atoms with van der Waals surface area (Å²) in [4.78, 5) is 21.2. The fourth-order valence-corrected chi connectivity index (χ4v) is 1.43. The third kappa shape index (κ3) is 2.79. The van der Waals surface area contributed by atoms with Gasteiger partial charge in [-0.1, -0.05) is 15.9 Å². The van der Waals surface area contributed by atoms with Gasteiger partial charge in [0, 0.05) is 10.2 Å². The van der Waals surface area contributed by atoms with Gasteiger partial charge in [-0.25, -0.2) is 4.79 Å². The first-order chi connectivity index (χ1) is 6.91. The van der Waals surface area contributed by atoms with Crippen LogP contribution in [0.15, 0.2) is 16.6 Å². The summed E-state index contributed by atoms with van der Waals surface area (Å²) in [7, 11) is 0. The Morgan fingerprint density at radius 1 is 1.27 bits per heavy atom. The van der Waals surface area contributed by atoms with Crippen LogP contribution >= 0.6 is 15.9 Å². The van der Waals surface area contributed by atoms with Crippen molar-refractivity contribution >= 4 is 33.5 Å². The number of carbonyl (C=O) groups excluding carboxylic acids is 1. The van der Waals surface area contributed by atoms with Crippen LogP contribution in [-0.2, 0) is 9.59 Å². The molecule has 0 bridgehead atoms. The highest BCUT2D eigenvalue weighted by atomic mass is 79.9. The molecule has 0 aromatic heterocycles. The van der Waals surface area contributed by atoms with Crippen molar-refractivity contribution in [2.24, 2.45) is 0 Å². The van der Waals surface area contributed by atoms with E-state index in [-0.39, 0.29) is 0 Å². The number of carboxylic acid groups (broad SMARTS) is 1. The Hall–Kier alpha value is -1.36. The maximum atomic E-state index is 10.9. The molecule has 0 aliphatic rings. The Kier molecular flexibility index (Phi) is 3.47. The summed E-state index contributed by atoms with van der Waals surface area (Å²) in [5.41, 5.74) is 2.37. The van der Waals surface area contributed by atoms with Gasteiger partial charge in [0.1, 0.15) is 0 Å². The van der Waals surface area contributed by atoms with E-state index in [0.717, 1.165) is 15.6 Å². The zero-order valence-electron chi connectivity index (χ0n) is 8.30. The smallest absolute Gasteiger partial charge is 0.394 e. The fourth-order valence-electron chi connectivity index (χ4n) is 1.20. The van der Waals surface area contributed by atoms with Gasteiger partial charge in [0.15, 0.2) is 0 Å². The first kappa shape index (κ1) is 11.7. The second kappa shape index (κ2) is 4.44. The summed E-state index contributed by atoms with van der Waals surface area (Å²) in [6, 6.07) is 3.41. The number of nitrogens with one attached hydrogen (secondary N) is 1. The number of aryl methyl sites for hydroxylation is 2. The summed E-state index contributed by atoms with van der Waals surface area (Å²) in [6.07, 6.45) is 0. The topological polar surface area (TPSA) is 66.4 Å². The van der Waals surface area contributed by atoms with E-state index in [1.54, 1.807) is 12.1 Å². The lowest BCUT2D eigenvalue weighted by Crippen LogP contribution is -2.21. The van der Waals surface area contributed by atoms with Crippen LogP contribution in [-0.4, -0.2) is 17.0 Å². The number of carbonyl (C=O) groups is 2. The summed E-state index contributed by atoms with van der Waals surface area (Å²) in [5.74, 6) is -2.52. The lowest BCUT2D eigenvalue weighted by atomic mass is 10.1. The molecular formula is C10H10BrNO3. The van der Waals surface area contributed by atoms with Gasteiger partial charge in [-0.2, -0.15) is 0 Å². The van der Waals surface area contributed by atoms with Crippen LogP contribution in [0.5, 0.6) is 0 Å². The highest BCUT2D eigenvalue weighted by molar-refractivity contribution is 9.10. The predicted octanol–water partition coefficient (Wildman–Crippen LogP) is 2.09. The number of halogens is 1. The average Bonchev–Trinajstić information content (AvgIpc) is 2.13. The van der Waals surface area contributed by atoms with E-state index >= 15 is 0 Å². The number of anilines is 1. The molecule has 1 amide bonds. The molecule has 15 heavy (non-hydrogen) atoms. The highest BCUT2D eigenvalue weighted by Crippen LogP contribution is 2.24. The summed E-state index contributed by atoms with van der Waals surface area (Å²) in [5, 5.41) is 10.7. The molecule has 0 radical (unpaired) electrons. The van der Waals surface area contributed by atoms with Crippen LogP contribution in [0.2, 0.25) is 0 Å². The Morgan fingerprint density at radius 3 is 2.13 bits per heavy atom. The van der Waals surface area contributed by atoms with E-state index in [1.807, 2.05) is 13.8 Å². The molecule has 0 saturated heterocycles. The van der Waals surface area contributed by atoms with E-state index in [0.29, 0.717) is 5.69 Å². The number of rotatable bonds is 1. The largest absolute Gasteiger partial charge is 0.474 e. The highest BCUT2D eigenvalue weighted by Gasteiger charge is 2.12. The van der Waals surface area contributed by atoms with Gasteiger partial charge < -0.3 is 10.4 Å². The Labute approximate surface area is 95.4 Å². The van der Waals surface area contributed by atoms with E-state index in [4.69, 9.17) is 5.11 Å². The van der Waals surface area contributed by atoms with Gasteiger partial charge in [0.2, 0.25) is 0 Å². The molecule has 4 nitrogen and oxygen atoms in total. The van der Waals surface area contributed by atoms with Gasteiger partial charge in [0.05, 0.1) is 0 Å². The lowest BCUT2D eigenvalue weighted by Gasteiger charge is -2.07. The number of hydrogen-bond donors (Lipinski definition) is 2. The molecule has 1 rings (SSSR count). The van der Waals surface area contributed by atoms with Crippen molar-refractivity contribution in [3.63, 3.8) is 0 Å². The molecule has 0 spiro atoms. The van der Waals surface area contributed by atoms with Gasteiger partial charge in [-0.3, -0.25) is 4.79 Å². The van der Waals surface area contributed by atoms with Gasteiger partial charge >= 0.3 is 11.9 Å². The second-order valence-electron chi connectivity index (χ2n) is 3.18. The molecule has 0 aliphatic carbocycles.